The van der Waals surface area contributed by atoms with Crippen molar-refractivity contribution in [2.45, 2.75) is 38.3 Å². The average Bonchev–Trinajstić information content (AvgIpc) is 2.14. The molecule has 0 spiro atoms. The van der Waals surface area contributed by atoms with E-state index in [1.807, 2.05) is 0 Å². The van der Waals surface area contributed by atoms with Crippen molar-refractivity contribution in [3.8, 4) is 0 Å². The van der Waals surface area contributed by atoms with E-state index >= 15 is 0 Å². The molecule has 0 radical (unpaired) electrons. The molecule has 0 saturated carbocycles. The second kappa shape index (κ2) is 5.69. The van der Waals surface area contributed by atoms with Gasteiger partial charge in [-0.15, -0.1) is 0 Å². The molecule has 0 atom stereocenters. The highest BCUT2D eigenvalue weighted by Gasteiger charge is 2.26. The van der Waals surface area contributed by atoms with Crippen LogP contribution in [0.4, 0.5) is 0 Å². The van der Waals surface area contributed by atoms with Crippen molar-refractivity contribution in [3.05, 3.63) is 0 Å². The summed E-state index contributed by atoms with van der Waals surface area (Å²) in [5.74, 6) is 0. The van der Waals surface area contributed by atoms with Crippen molar-refractivity contribution in [2.75, 3.05) is 14.2 Å². The molecule has 0 amide bonds. The van der Waals surface area contributed by atoms with Crippen LogP contribution in [0.15, 0.2) is 0 Å². The Hall–Kier alpha value is 0.0969. The maximum atomic E-state index is 6.12. The van der Waals surface area contributed by atoms with Crippen molar-refractivity contribution in [1.29, 1.82) is 0 Å². The second-order valence-electron chi connectivity index (χ2n) is 3.17. The Morgan fingerprint density at radius 3 is 1.83 bits per heavy atom. The maximum absolute atomic E-state index is 6.12. The standard InChI is InChI=1S/C8H21NO2Si/c1-5-8(9,6-2)7-12(10-3)11-4/h12H,5-7,9H2,1-4H3. The van der Waals surface area contributed by atoms with Gasteiger partial charge < -0.3 is 14.6 Å². The predicted molar refractivity (Wildman–Crippen MR) is 53.5 cm³/mol. The highest BCUT2D eigenvalue weighted by atomic mass is 28.3. The minimum absolute atomic E-state index is 0.0804. The molecule has 0 aliphatic carbocycles. The Balaban J connectivity index is 3.99. The zero-order valence-electron chi connectivity index (χ0n) is 8.59. The first kappa shape index (κ1) is 12.1. The zero-order chi connectivity index (χ0) is 9.61. The summed E-state index contributed by atoms with van der Waals surface area (Å²) in [4.78, 5) is 0. The minimum atomic E-state index is -1.48. The Bertz CT molecular complexity index is 114. The molecule has 0 fully saturated rings. The third-order valence-electron chi connectivity index (χ3n) is 2.51. The Kier molecular flexibility index (Phi) is 5.74. The van der Waals surface area contributed by atoms with Crippen molar-refractivity contribution in [1.82, 2.24) is 0 Å². The quantitative estimate of drug-likeness (QED) is 0.637. The Morgan fingerprint density at radius 1 is 1.17 bits per heavy atom. The van der Waals surface area contributed by atoms with Crippen molar-refractivity contribution < 1.29 is 8.85 Å². The van der Waals surface area contributed by atoms with E-state index in [0.29, 0.717) is 0 Å². The van der Waals surface area contributed by atoms with Gasteiger partial charge in [-0.1, -0.05) is 13.8 Å². The molecule has 4 heteroatoms. The van der Waals surface area contributed by atoms with E-state index in [4.69, 9.17) is 14.6 Å². The van der Waals surface area contributed by atoms with Gasteiger partial charge in [-0.2, -0.15) is 0 Å². The SMILES string of the molecule is CCC(N)(CC)C[SiH](OC)OC. The van der Waals surface area contributed by atoms with Gasteiger partial charge in [0.25, 0.3) is 0 Å². The van der Waals surface area contributed by atoms with Crippen LogP contribution in [0.5, 0.6) is 0 Å². The molecule has 3 nitrogen and oxygen atoms in total. The van der Waals surface area contributed by atoms with Gasteiger partial charge in [0.15, 0.2) is 0 Å². The highest BCUT2D eigenvalue weighted by molar-refractivity contribution is 6.44. The fraction of sp³-hybridized carbons (Fsp3) is 1.00. The van der Waals surface area contributed by atoms with Crippen LogP contribution in [-0.4, -0.2) is 29.0 Å². The van der Waals surface area contributed by atoms with Gasteiger partial charge in [0, 0.05) is 25.8 Å². The lowest BCUT2D eigenvalue weighted by atomic mass is 9.97. The third kappa shape index (κ3) is 3.67. The van der Waals surface area contributed by atoms with Gasteiger partial charge in [0.1, 0.15) is 0 Å². The fourth-order valence-electron chi connectivity index (χ4n) is 1.13. The van der Waals surface area contributed by atoms with E-state index in [1.165, 1.54) is 0 Å². The van der Waals surface area contributed by atoms with Crippen LogP contribution in [-0.2, 0) is 8.85 Å². The van der Waals surface area contributed by atoms with Gasteiger partial charge in [-0.3, -0.25) is 0 Å². The molecular formula is C8H21NO2Si. The normalized spacial score (nSPS) is 12.5. The topological polar surface area (TPSA) is 44.5 Å². The number of rotatable bonds is 6. The fourth-order valence-corrected chi connectivity index (χ4v) is 2.90. The molecule has 0 heterocycles. The van der Waals surface area contributed by atoms with Gasteiger partial charge in [-0.25, -0.2) is 0 Å². The summed E-state index contributed by atoms with van der Waals surface area (Å²) in [5.41, 5.74) is 6.04. The first-order chi connectivity index (χ1) is 5.61. The molecule has 74 valence electrons. The first-order valence-corrected chi connectivity index (χ1v) is 6.22. The molecule has 12 heavy (non-hydrogen) atoms. The minimum Gasteiger partial charge on any atom is -0.400 e. The molecule has 0 aromatic rings. The van der Waals surface area contributed by atoms with Crippen LogP contribution in [0.3, 0.4) is 0 Å². The van der Waals surface area contributed by atoms with Crippen LogP contribution in [0.2, 0.25) is 6.04 Å². The molecule has 0 aromatic carbocycles. The van der Waals surface area contributed by atoms with Crippen LogP contribution >= 0.6 is 0 Å². The van der Waals surface area contributed by atoms with Crippen LogP contribution in [0.25, 0.3) is 0 Å². The number of nitrogens with two attached hydrogens (primary N) is 1. The first-order valence-electron chi connectivity index (χ1n) is 4.46. The van der Waals surface area contributed by atoms with E-state index in [1.54, 1.807) is 14.2 Å². The summed E-state index contributed by atoms with van der Waals surface area (Å²) in [5, 5.41) is 0. The lowest BCUT2D eigenvalue weighted by molar-refractivity contribution is 0.260. The van der Waals surface area contributed by atoms with Gasteiger partial charge >= 0.3 is 9.28 Å². The summed E-state index contributed by atoms with van der Waals surface area (Å²) in [6.07, 6.45) is 1.97. The number of hydrogen-bond donors (Lipinski definition) is 1. The van der Waals surface area contributed by atoms with Crippen molar-refractivity contribution >= 4 is 9.28 Å². The third-order valence-corrected chi connectivity index (χ3v) is 4.71. The average molecular weight is 191 g/mol. The molecule has 0 unspecified atom stereocenters. The Morgan fingerprint density at radius 2 is 1.58 bits per heavy atom. The summed E-state index contributed by atoms with van der Waals surface area (Å²) >= 11 is 0. The lowest BCUT2D eigenvalue weighted by Crippen LogP contribution is -2.43. The summed E-state index contributed by atoms with van der Waals surface area (Å²) in [6.45, 7) is 4.22. The van der Waals surface area contributed by atoms with Crippen LogP contribution < -0.4 is 5.73 Å². The van der Waals surface area contributed by atoms with E-state index in [2.05, 4.69) is 13.8 Å². The van der Waals surface area contributed by atoms with Gasteiger partial charge in [-0.05, 0) is 12.8 Å². The molecule has 0 aliphatic heterocycles. The van der Waals surface area contributed by atoms with E-state index in [-0.39, 0.29) is 5.54 Å². The summed E-state index contributed by atoms with van der Waals surface area (Å²) in [6, 6.07) is 0.896. The molecule has 0 saturated heterocycles. The van der Waals surface area contributed by atoms with Crippen molar-refractivity contribution in [2.24, 2.45) is 5.73 Å². The Labute approximate surface area is 77.1 Å². The summed E-state index contributed by atoms with van der Waals surface area (Å²) in [7, 11) is 1.92. The van der Waals surface area contributed by atoms with E-state index < -0.39 is 9.28 Å². The van der Waals surface area contributed by atoms with Gasteiger partial charge in [0.2, 0.25) is 0 Å². The molecule has 0 aliphatic rings. The molecule has 2 N–H and O–H groups in total. The predicted octanol–water partition coefficient (Wildman–Crippen LogP) is 1.02. The van der Waals surface area contributed by atoms with Crippen LogP contribution in [0, 0.1) is 0 Å². The molecule has 0 bridgehead atoms. The molecule has 0 rings (SSSR count). The van der Waals surface area contributed by atoms with Crippen molar-refractivity contribution in [3.63, 3.8) is 0 Å². The molecular weight excluding hydrogens is 170 g/mol. The zero-order valence-corrected chi connectivity index (χ0v) is 9.75. The number of hydrogen-bond acceptors (Lipinski definition) is 3. The van der Waals surface area contributed by atoms with Gasteiger partial charge in [0.05, 0.1) is 0 Å². The van der Waals surface area contributed by atoms with E-state index in [0.717, 1.165) is 18.9 Å². The smallest absolute Gasteiger partial charge is 0.322 e. The largest absolute Gasteiger partial charge is 0.400 e. The molecule has 0 aromatic heterocycles. The second-order valence-corrected chi connectivity index (χ2v) is 5.38. The highest BCUT2D eigenvalue weighted by Crippen LogP contribution is 2.19. The van der Waals surface area contributed by atoms with Crippen LogP contribution in [0.1, 0.15) is 26.7 Å². The summed E-state index contributed by atoms with van der Waals surface area (Å²) < 4.78 is 10.5. The lowest BCUT2D eigenvalue weighted by Gasteiger charge is -2.28. The maximum Gasteiger partial charge on any atom is 0.322 e. The van der Waals surface area contributed by atoms with E-state index in [9.17, 15) is 0 Å². The monoisotopic (exact) mass is 191 g/mol.